The Kier molecular flexibility index (Phi) is 4.82. The number of hydrogen-bond donors (Lipinski definition) is 2. The quantitative estimate of drug-likeness (QED) is 0.853. The molecule has 2 heterocycles. The summed E-state index contributed by atoms with van der Waals surface area (Å²) in [7, 11) is 0. The van der Waals surface area contributed by atoms with Crippen LogP contribution in [-0.4, -0.2) is 46.3 Å². The van der Waals surface area contributed by atoms with Crippen LogP contribution in [0.3, 0.4) is 0 Å². The van der Waals surface area contributed by atoms with Crippen molar-refractivity contribution in [3.8, 4) is 0 Å². The lowest BCUT2D eigenvalue weighted by Crippen LogP contribution is -2.40. The zero-order valence-electron chi connectivity index (χ0n) is 13.4. The second-order valence-electron chi connectivity index (χ2n) is 5.93. The molecule has 1 aromatic heterocycles. The molecule has 118 valence electrons. The van der Waals surface area contributed by atoms with Gasteiger partial charge in [0.15, 0.2) is 0 Å². The molecule has 21 heavy (non-hydrogen) atoms. The van der Waals surface area contributed by atoms with Crippen molar-refractivity contribution in [2.24, 2.45) is 0 Å². The molecule has 1 aliphatic rings. The highest BCUT2D eigenvalue weighted by Gasteiger charge is 2.29. The number of rotatable bonds is 5. The molecule has 7 nitrogen and oxygen atoms in total. The summed E-state index contributed by atoms with van der Waals surface area (Å²) in [6, 6.07) is 0.292. The molecule has 7 heteroatoms. The molecule has 0 aliphatic carbocycles. The van der Waals surface area contributed by atoms with Crippen molar-refractivity contribution in [2.45, 2.75) is 52.2 Å². The zero-order valence-corrected chi connectivity index (χ0v) is 13.4. The van der Waals surface area contributed by atoms with Gasteiger partial charge in [-0.3, -0.25) is 0 Å². The van der Waals surface area contributed by atoms with Crippen molar-refractivity contribution in [1.82, 2.24) is 15.0 Å². The number of hydrogen-bond acceptors (Lipinski definition) is 7. The molecule has 0 aromatic carbocycles. The molecule has 0 spiro atoms. The van der Waals surface area contributed by atoms with Gasteiger partial charge in [0, 0.05) is 25.7 Å². The van der Waals surface area contributed by atoms with Gasteiger partial charge in [0.05, 0.1) is 5.60 Å². The number of nitrogens with one attached hydrogen (secondary N) is 1. The first-order chi connectivity index (χ1) is 9.93. The van der Waals surface area contributed by atoms with E-state index in [9.17, 15) is 0 Å². The Hall–Kier alpha value is -1.63. The molecule has 0 radical (unpaired) electrons. The van der Waals surface area contributed by atoms with Gasteiger partial charge in [0.25, 0.3) is 0 Å². The first-order valence-corrected chi connectivity index (χ1v) is 7.60. The number of anilines is 3. The van der Waals surface area contributed by atoms with Gasteiger partial charge in [-0.15, -0.1) is 0 Å². The second kappa shape index (κ2) is 6.43. The van der Waals surface area contributed by atoms with Crippen LogP contribution >= 0.6 is 0 Å². The molecule has 1 unspecified atom stereocenters. The van der Waals surface area contributed by atoms with E-state index in [1.54, 1.807) is 0 Å². The van der Waals surface area contributed by atoms with Crippen LogP contribution in [-0.2, 0) is 4.74 Å². The van der Waals surface area contributed by atoms with Crippen LogP contribution in [0, 0.1) is 0 Å². The average Bonchev–Trinajstić information content (AvgIpc) is 2.38. The first kappa shape index (κ1) is 15.8. The third-order valence-corrected chi connectivity index (χ3v) is 3.72. The summed E-state index contributed by atoms with van der Waals surface area (Å²) in [5.41, 5.74) is 5.70. The van der Waals surface area contributed by atoms with Crippen molar-refractivity contribution < 1.29 is 4.74 Å². The summed E-state index contributed by atoms with van der Waals surface area (Å²) >= 11 is 0. The molecular formula is C14H26N6O. The van der Waals surface area contributed by atoms with Crippen LogP contribution in [0.15, 0.2) is 0 Å². The third-order valence-electron chi connectivity index (χ3n) is 3.72. The molecule has 0 amide bonds. The van der Waals surface area contributed by atoms with Gasteiger partial charge < -0.3 is 20.7 Å². The lowest BCUT2D eigenvalue weighted by atomic mass is 9.94. The SMILES string of the molecule is CCN(CC)c1nc(N)nc(NC2CCOC(C)(C)C2)n1. The number of aromatic nitrogens is 3. The molecule has 1 fully saturated rings. The minimum atomic E-state index is -0.115. The van der Waals surface area contributed by atoms with E-state index in [1.165, 1.54) is 0 Å². The predicted octanol–water partition coefficient (Wildman–Crippen LogP) is 1.67. The maximum absolute atomic E-state index is 5.81. The number of nitrogens with zero attached hydrogens (tertiary/aromatic N) is 4. The van der Waals surface area contributed by atoms with Crippen LogP contribution in [0.25, 0.3) is 0 Å². The Morgan fingerprint density at radius 1 is 1.29 bits per heavy atom. The standard InChI is InChI=1S/C14H26N6O/c1-5-20(6-2)13-18-11(15)17-12(19-13)16-10-7-8-21-14(3,4)9-10/h10H,5-9H2,1-4H3,(H3,15,16,17,18,19). The Labute approximate surface area is 126 Å². The highest BCUT2D eigenvalue weighted by Crippen LogP contribution is 2.26. The fourth-order valence-electron chi connectivity index (χ4n) is 2.63. The summed E-state index contributed by atoms with van der Waals surface area (Å²) in [5.74, 6) is 1.43. The molecule has 1 atom stereocenters. The van der Waals surface area contributed by atoms with Crippen molar-refractivity contribution in [3.63, 3.8) is 0 Å². The van der Waals surface area contributed by atoms with Crippen LogP contribution in [0.4, 0.5) is 17.8 Å². The first-order valence-electron chi connectivity index (χ1n) is 7.60. The van der Waals surface area contributed by atoms with Gasteiger partial charge in [-0.25, -0.2) is 0 Å². The van der Waals surface area contributed by atoms with Crippen LogP contribution in [0.2, 0.25) is 0 Å². The highest BCUT2D eigenvalue weighted by atomic mass is 16.5. The molecular weight excluding hydrogens is 268 g/mol. The number of ether oxygens (including phenoxy) is 1. The monoisotopic (exact) mass is 294 g/mol. The zero-order chi connectivity index (χ0) is 15.5. The Morgan fingerprint density at radius 2 is 2.00 bits per heavy atom. The topological polar surface area (TPSA) is 89.2 Å². The van der Waals surface area contributed by atoms with E-state index in [2.05, 4.69) is 52.9 Å². The normalized spacial score (nSPS) is 21.0. The fraction of sp³-hybridized carbons (Fsp3) is 0.786. The van der Waals surface area contributed by atoms with Crippen molar-refractivity contribution in [3.05, 3.63) is 0 Å². The Balaban J connectivity index is 2.12. The second-order valence-corrected chi connectivity index (χ2v) is 5.93. The summed E-state index contributed by atoms with van der Waals surface area (Å²) in [6.45, 7) is 10.8. The lowest BCUT2D eigenvalue weighted by molar-refractivity contribution is -0.0553. The van der Waals surface area contributed by atoms with Crippen molar-refractivity contribution in [2.75, 3.05) is 35.6 Å². The van der Waals surface area contributed by atoms with E-state index < -0.39 is 0 Å². The molecule has 1 aromatic rings. The minimum Gasteiger partial charge on any atom is -0.375 e. The van der Waals surface area contributed by atoms with Crippen LogP contribution in [0.5, 0.6) is 0 Å². The minimum absolute atomic E-state index is 0.115. The van der Waals surface area contributed by atoms with Crippen molar-refractivity contribution >= 4 is 17.8 Å². The Bertz CT molecular complexity index is 475. The van der Waals surface area contributed by atoms with Crippen molar-refractivity contribution in [1.29, 1.82) is 0 Å². The van der Waals surface area contributed by atoms with E-state index in [0.29, 0.717) is 17.9 Å². The van der Waals surface area contributed by atoms with E-state index in [0.717, 1.165) is 32.5 Å². The molecule has 3 N–H and O–H groups in total. The molecule has 1 saturated heterocycles. The number of nitrogen functional groups attached to an aromatic ring is 1. The van der Waals surface area contributed by atoms with Gasteiger partial charge >= 0.3 is 0 Å². The van der Waals surface area contributed by atoms with Gasteiger partial charge in [-0.1, -0.05) is 0 Å². The summed E-state index contributed by atoms with van der Waals surface area (Å²) in [6.07, 6.45) is 1.86. The van der Waals surface area contributed by atoms with Crippen LogP contribution in [0.1, 0.15) is 40.5 Å². The summed E-state index contributed by atoms with van der Waals surface area (Å²) in [4.78, 5) is 15.0. The highest BCUT2D eigenvalue weighted by molar-refractivity contribution is 5.42. The summed E-state index contributed by atoms with van der Waals surface area (Å²) < 4.78 is 5.73. The largest absolute Gasteiger partial charge is 0.375 e. The van der Waals surface area contributed by atoms with Crippen LogP contribution < -0.4 is 16.0 Å². The van der Waals surface area contributed by atoms with Gasteiger partial charge in [0.1, 0.15) is 0 Å². The molecule has 0 saturated carbocycles. The van der Waals surface area contributed by atoms with Gasteiger partial charge in [-0.05, 0) is 40.5 Å². The molecule has 0 bridgehead atoms. The average molecular weight is 294 g/mol. The lowest BCUT2D eigenvalue weighted by Gasteiger charge is -2.35. The van der Waals surface area contributed by atoms with E-state index in [1.807, 2.05) is 0 Å². The Morgan fingerprint density at radius 3 is 2.62 bits per heavy atom. The summed E-state index contributed by atoms with van der Waals surface area (Å²) in [5, 5.41) is 3.37. The van der Waals surface area contributed by atoms with Gasteiger partial charge in [-0.2, -0.15) is 15.0 Å². The maximum atomic E-state index is 5.81. The smallest absolute Gasteiger partial charge is 0.231 e. The van der Waals surface area contributed by atoms with E-state index in [-0.39, 0.29) is 11.5 Å². The van der Waals surface area contributed by atoms with E-state index >= 15 is 0 Å². The third kappa shape index (κ3) is 4.17. The molecule has 1 aliphatic heterocycles. The fourth-order valence-corrected chi connectivity index (χ4v) is 2.63. The maximum Gasteiger partial charge on any atom is 0.231 e. The van der Waals surface area contributed by atoms with Gasteiger partial charge in [0.2, 0.25) is 17.8 Å². The van der Waals surface area contributed by atoms with E-state index in [4.69, 9.17) is 10.5 Å². The molecule has 2 rings (SSSR count). The number of nitrogens with two attached hydrogens (primary N) is 1. The predicted molar refractivity (Wildman–Crippen MR) is 84.5 cm³/mol.